The van der Waals surface area contributed by atoms with Crippen LogP contribution in [0.1, 0.15) is 25.3 Å². The highest BCUT2D eigenvalue weighted by atomic mass is 35.5. The number of hydrogen-bond donors (Lipinski definition) is 0. The monoisotopic (exact) mass is 274 g/mol. The first-order chi connectivity index (χ1) is 8.27. The van der Waals surface area contributed by atoms with E-state index in [1.165, 1.54) is 5.56 Å². The van der Waals surface area contributed by atoms with E-state index in [0.717, 1.165) is 37.5 Å². The van der Waals surface area contributed by atoms with Gasteiger partial charge in [0.25, 0.3) is 0 Å². The Balaban J connectivity index is 2.38. The Morgan fingerprint density at radius 3 is 2.71 bits per heavy atom. The maximum absolute atomic E-state index is 6.14. The van der Waals surface area contributed by atoms with E-state index in [1.54, 1.807) is 0 Å². The van der Waals surface area contributed by atoms with E-state index < -0.39 is 0 Å². The molecule has 0 aliphatic carbocycles. The van der Waals surface area contributed by atoms with Crippen molar-refractivity contribution in [2.75, 3.05) is 19.1 Å². The third-order valence-electron chi connectivity index (χ3n) is 2.79. The molecular weight excluding hydrogens is 255 g/mol. The first-order valence-corrected chi connectivity index (χ1v) is 7.06. The Hall–Kier alpha value is -0.240. The summed E-state index contributed by atoms with van der Waals surface area (Å²) >= 11 is 12.1. The highest BCUT2D eigenvalue weighted by Crippen LogP contribution is 2.22. The SMILES string of the molecule is CCOCCCC(CCl)Cc1ccccc1Cl. The topological polar surface area (TPSA) is 9.23 Å². The highest BCUT2D eigenvalue weighted by molar-refractivity contribution is 6.31. The van der Waals surface area contributed by atoms with Crippen LogP contribution < -0.4 is 0 Å². The molecule has 0 fully saturated rings. The maximum Gasteiger partial charge on any atom is 0.0466 e. The average Bonchev–Trinajstić information content (AvgIpc) is 2.35. The van der Waals surface area contributed by atoms with E-state index in [-0.39, 0.29) is 0 Å². The Morgan fingerprint density at radius 2 is 2.06 bits per heavy atom. The number of ether oxygens (including phenoxy) is 1. The summed E-state index contributed by atoms with van der Waals surface area (Å²) in [5.74, 6) is 1.16. The minimum atomic E-state index is 0.483. The highest BCUT2D eigenvalue weighted by Gasteiger charge is 2.10. The van der Waals surface area contributed by atoms with Gasteiger partial charge in [0.1, 0.15) is 0 Å². The second-order valence-corrected chi connectivity index (χ2v) is 4.87. The van der Waals surface area contributed by atoms with Crippen LogP contribution in [0.25, 0.3) is 0 Å². The molecule has 1 rings (SSSR count). The first-order valence-electron chi connectivity index (χ1n) is 6.15. The second kappa shape index (κ2) is 8.79. The van der Waals surface area contributed by atoms with Crippen molar-refractivity contribution in [3.8, 4) is 0 Å². The van der Waals surface area contributed by atoms with Crippen molar-refractivity contribution in [1.29, 1.82) is 0 Å². The summed E-state index contributed by atoms with van der Waals surface area (Å²) in [6.45, 7) is 3.63. The van der Waals surface area contributed by atoms with Gasteiger partial charge in [0, 0.05) is 24.1 Å². The van der Waals surface area contributed by atoms with Crippen LogP contribution >= 0.6 is 23.2 Å². The van der Waals surface area contributed by atoms with Crippen LogP contribution in [0, 0.1) is 5.92 Å². The number of benzene rings is 1. The largest absolute Gasteiger partial charge is 0.382 e. The molecule has 1 nitrogen and oxygen atoms in total. The molecular formula is C14H20Cl2O. The van der Waals surface area contributed by atoms with Crippen molar-refractivity contribution >= 4 is 23.2 Å². The molecule has 1 unspecified atom stereocenters. The molecule has 0 aliphatic heterocycles. The molecule has 0 aromatic heterocycles. The van der Waals surface area contributed by atoms with E-state index in [1.807, 2.05) is 25.1 Å². The van der Waals surface area contributed by atoms with E-state index in [0.29, 0.717) is 11.8 Å². The summed E-state index contributed by atoms with van der Waals surface area (Å²) in [4.78, 5) is 0. The van der Waals surface area contributed by atoms with Gasteiger partial charge < -0.3 is 4.74 Å². The van der Waals surface area contributed by atoms with Crippen LogP contribution in [0.3, 0.4) is 0 Å². The van der Waals surface area contributed by atoms with Gasteiger partial charge in [-0.25, -0.2) is 0 Å². The molecule has 1 aromatic carbocycles. The molecule has 0 bridgehead atoms. The third kappa shape index (κ3) is 5.76. The Labute approximate surface area is 114 Å². The van der Waals surface area contributed by atoms with Crippen molar-refractivity contribution in [3.63, 3.8) is 0 Å². The predicted molar refractivity (Wildman–Crippen MR) is 75.1 cm³/mol. The molecule has 17 heavy (non-hydrogen) atoms. The van der Waals surface area contributed by atoms with Gasteiger partial charge in [-0.15, -0.1) is 11.6 Å². The summed E-state index contributed by atoms with van der Waals surface area (Å²) in [5.41, 5.74) is 1.19. The molecule has 0 spiro atoms. The van der Waals surface area contributed by atoms with E-state index in [9.17, 15) is 0 Å². The normalized spacial score (nSPS) is 12.6. The van der Waals surface area contributed by atoms with Crippen LogP contribution in [0.2, 0.25) is 5.02 Å². The van der Waals surface area contributed by atoms with E-state index in [4.69, 9.17) is 27.9 Å². The van der Waals surface area contributed by atoms with Gasteiger partial charge in [0.15, 0.2) is 0 Å². The number of alkyl halides is 1. The lowest BCUT2D eigenvalue weighted by Gasteiger charge is -2.14. The minimum absolute atomic E-state index is 0.483. The van der Waals surface area contributed by atoms with Crippen molar-refractivity contribution in [1.82, 2.24) is 0 Å². The molecule has 0 saturated heterocycles. The van der Waals surface area contributed by atoms with Gasteiger partial charge in [0.05, 0.1) is 0 Å². The fourth-order valence-electron chi connectivity index (χ4n) is 1.83. The number of rotatable bonds is 8. The number of halogens is 2. The molecule has 0 N–H and O–H groups in total. The van der Waals surface area contributed by atoms with Crippen molar-refractivity contribution < 1.29 is 4.74 Å². The lowest BCUT2D eigenvalue weighted by molar-refractivity contribution is 0.140. The standard InChI is InChI=1S/C14H20Cl2O/c1-2-17-9-5-6-12(11-15)10-13-7-3-4-8-14(13)16/h3-4,7-8,12H,2,5-6,9-11H2,1H3. The van der Waals surface area contributed by atoms with Crippen LogP contribution in [0.4, 0.5) is 0 Å². The number of hydrogen-bond acceptors (Lipinski definition) is 1. The fraction of sp³-hybridized carbons (Fsp3) is 0.571. The minimum Gasteiger partial charge on any atom is -0.382 e. The smallest absolute Gasteiger partial charge is 0.0466 e. The summed E-state index contributed by atoms with van der Waals surface area (Å²) in [6, 6.07) is 7.98. The van der Waals surface area contributed by atoms with Crippen LogP contribution in [-0.4, -0.2) is 19.1 Å². The lowest BCUT2D eigenvalue weighted by Crippen LogP contribution is -2.08. The van der Waals surface area contributed by atoms with Gasteiger partial charge >= 0.3 is 0 Å². The predicted octanol–water partition coefficient (Wildman–Crippen LogP) is 4.55. The van der Waals surface area contributed by atoms with E-state index in [2.05, 4.69) is 6.07 Å². The molecule has 1 atom stereocenters. The van der Waals surface area contributed by atoms with Crippen molar-refractivity contribution in [2.45, 2.75) is 26.2 Å². The fourth-order valence-corrected chi connectivity index (χ4v) is 2.30. The summed E-state index contributed by atoms with van der Waals surface area (Å²) in [6.07, 6.45) is 3.11. The van der Waals surface area contributed by atoms with Gasteiger partial charge in [-0.3, -0.25) is 0 Å². The summed E-state index contributed by atoms with van der Waals surface area (Å²) in [5, 5.41) is 0.840. The molecule has 0 radical (unpaired) electrons. The quantitative estimate of drug-likeness (QED) is 0.499. The summed E-state index contributed by atoms with van der Waals surface area (Å²) < 4.78 is 5.33. The van der Waals surface area contributed by atoms with Gasteiger partial charge in [-0.2, -0.15) is 0 Å². The van der Waals surface area contributed by atoms with Crippen LogP contribution in [-0.2, 0) is 11.2 Å². The van der Waals surface area contributed by atoms with Crippen molar-refractivity contribution in [2.24, 2.45) is 5.92 Å². The molecule has 96 valence electrons. The summed E-state index contributed by atoms with van der Waals surface area (Å²) in [7, 11) is 0. The van der Waals surface area contributed by atoms with Gasteiger partial charge in [0.2, 0.25) is 0 Å². The van der Waals surface area contributed by atoms with Gasteiger partial charge in [-0.05, 0) is 43.7 Å². The molecule has 1 aromatic rings. The zero-order valence-corrected chi connectivity index (χ0v) is 11.8. The molecule has 3 heteroatoms. The maximum atomic E-state index is 6.14. The van der Waals surface area contributed by atoms with Crippen LogP contribution in [0.5, 0.6) is 0 Å². The molecule has 0 aliphatic rings. The molecule has 0 amide bonds. The zero-order valence-electron chi connectivity index (χ0n) is 10.3. The van der Waals surface area contributed by atoms with Crippen LogP contribution in [0.15, 0.2) is 24.3 Å². The van der Waals surface area contributed by atoms with Gasteiger partial charge in [-0.1, -0.05) is 29.8 Å². The molecule has 0 saturated carbocycles. The third-order valence-corrected chi connectivity index (χ3v) is 3.59. The lowest BCUT2D eigenvalue weighted by atomic mass is 9.96. The Bertz CT molecular complexity index is 315. The first kappa shape index (κ1) is 14.8. The zero-order chi connectivity index (χ0) is 12.5. The van der Waals surface area contributed by atoms with Crippen molar-refractivity contribution in [3.05, 3.63) is 34.9 Å². The average molecular weight is 275 g/mol. The Kier molecular flexibility index (Phi) is 7.67. The Morgan fingerprint density at radius 1 is 1.29 bits per heavy atom. The second-order valence-electron chi connectivity index (χ2n) is 4.16. The van der Waals surface area contributed by atoms with E-state index >= 15 is 0 Å². The molecule has 0 heterocycles.